The summed E-state index contributed by atoms with van der Waals surface area (Å²) in [6, 6.07) is 8.62. The first kappa shape index (κ1) is 15.6. The maximum Gasteiger partial charge on any atom is 0.416 e. The standard InChI is InChI=1S/C14H9F3INO2/c15-14(16,17)9-2-1-3-10(7-9)19-13(21)8-4-5-11(18)12(20)6-8/h1-7,20H,(H,19,21). The average Bonchev–Trinajstić information content (AvgIpc) is 2.41. The number of rotatable bonds is 2. The Balaban J connectivity index is 2.21. The number of hydrogen-bond donors (Lipinski definition) is 2. The summed E-state index contributed by atoms with van der Waals surface area (Å²) < 4.78 is 38.3. The first-order valence-electron chi connectivity index (χ1n) is 5.74. The molecule has 2 aromatic carbocycles. The molecule has 0 aliphatic carbocycles. The number of halogens is 4. The summed E-state index contributed by atoms with van der Waals surface area (Å²) in [5.74, 6) is -0.659. The summed E-state index contributed by atoms with van der Waals surface area (Å²) in [4.78, 5) is 11.9. The Labute approximate surface area is 131 Å². The van der Waals surface area contributed by atoms with E-state index in [2.05, 4.69) is 5.32 Å². The Morgan fingerprint density at radius 3 is 2.48 bits per heavy atom. The minimum Gasteiger partial charge on any atom is -0.507 e. The molecule has 2 aromatic rings. The van der Waals surface area contributed by atoms with Gasteiger partial charge in [-0.25, -0.2) is 0 Å². The summed E-state index contributed by atoms with van der Waals surface area (Å²) in [6.07, 6.45) is -4.47. The Morgan fingerprint density at radius 2 is 1.86 bits per heavy atom. The Bertz CT molecular complexity index is 686. The van der Waals surface area contributed by atoms with Gasteiger partial charge in [-0.15, -0.1) is 0 Å². The van der Waals surface area contributed by atoms with Gasteiger partial charge in [-0.05, 0) is 59.0 Å². The molecule has 0 fully saturated rings. The fraction of sp³-hybridized carbons (Fsp3) is 0.0714. The van der Waals surface area contributed by atoms with Crippen molar-refractivity contribution in [3.05, 3.63) is 57.2 Å². The molecule has 0 spiro atoms. The fourth-order valence-electron chi connectivity index (χ4n) is 1.63. The van der Waals surface area contributed by atoms with E-state index in [-0.39, 0.29) is 17.0 Å². The van der Waals surface area contributed by atoms with E-state index in [0.29, 0.717) is 3.57 Å². The average molecular weight is 407 g/mol. The van der Waals surface area contributed by atoms with E-state index in [0.717, 1.165) is 12.1 Å². The topological polar surface area (TPSA) is 49.3 Å². The summed E-state index contributed by atoms with van der Waals surface area (Å²) in [5.41, 5.74) is -0.649. The number of hydrogen-bond acceptors (Lipinski definition) is 2. The van der Waals surface area contributed by atoms with Crippen LogP contribution in [-0.4, -0.2) is 11.0 Å². The third-order valence-electron chi connectivity index (χ3n) is 2.66. The summed E-state index contributed by atoms with van der Waals surface area (Å²) in [5, 5.41) is 11.9. The van der Waals surface area contributed by atoms with Gasteiger partial charge in [-0.3, -0.25) is 4.79 Å². The number of carbonyl (C=O) groups excluding carboxylic acids is 1. The monoisotopic (exact) mass is 407 g/mol. The number of aromatic hydroxyl groups is 1. The van der Waals surface area contributed by atoms with Gasteiger partial charge >= 0.3 is 6.18 Å². The zero-order valence-electron chi connectivity index (χ0n) is 10.4. The van der Waals surface area contributed by atoms with E-state index in [9.17, 15) is 23.1 Å². The van der Waals surface area contributed by atoms with Crippen LogP contribution in [0.5, 0.6) is 5.75 Å². The van der Waals surface area contributed by atoms with E-state index in [1.807, 2.05) is 22.6 Å². The van der Waals surface area contributed by atoms with Crippen molar-refractivity contribution in [1.29, 1.82) is 0 Å². The zero-order valence-corrected chi connectivity index (χ0v) is 12.6. The van der Waals surface area contributed by atoms with Crippen molar-refractivity contribution in [3.8, 4) is 5.75 Å². The molecule has 0 saturated heterocycles. The van der Waals surface area contributed by atoms with Gasteiger partial charge in [0.1, 0.15) is 5.75 Å². The van der Waals surface area contributed by atoms with E-state index in [1.165, 1.54) is 30.3 Å². The smallest absolute Gasteiger partial charge is 0.416 e. The van der Waals surface area contributed by atoms with Gasteiger partial charge in [0.2, 0.25) is 0 Å². The number of anilines is 1. The van der Waals surface area contributed by atoms with Crippen LogP contribution in [0.2, 0.25) is 0 Å². The molecule has 0 aliphatic heterocycles. The zero-order chi connectivity index (χ0) is 15.6. The lowest BCUT2D eigenvalue weighted by atomic mass is 10.1. The molecule has 1 amide bonds. The molecule has 0 radical (unpaired) electrons. The first-order valence-corrected chi connectivity index (χ1v) is 6.82. The Kier molecular flexibility index (Phi) is 4.40. The van der Waals surface area contributed by atoms with Crippen LogP contribution in [0, 0.1) is 3.57 Å². The highest BCUT2D eigenvalue weighted by Gasteiger charge is 2.30. The molecule has 0 aromatic heterocycles. The maximum atomic E-state index is 12.6. The summed E-state index contributed by atoms with van der Waals surface area (Å²) in [7, 11) is 0. The predicted octanol–water partition coefficient (Wildman–Crippen LogP) is 4.27. The van der Waals surface area contributed by atoms with Crippen LogP contribution in [0.25, 0.3) is 0 Å². The van der Waals surface area contributed by atoms with Crippen LogP contribution in [0.1, 0.15) is 15.9 Å². The van der Waals surface area contributed by atoms with Crippen molar-refractivity contribution in [2.24, 2.45) is 0 Å². The highest BCUT2D eigenvalue weighted by atomic mass is 127. The largest absolute Gasteiger partial charge is 0.507 e. The summed E-state index contributed by atoms with van der Waals surface area (Å²) >= 11 is 1.89. The van der Waals surface area contributed by atoms with Crippen LogP contribution in [-0.2, 0) is 6.18 Å². The van der Waals surface area contributed by atoms with Crippen LogP contribution < -0.4 is 5.32 Å². The van der Waals surface area contributed by atoms with E-state index < -0.39 is 17.6 Å². The number of nitrogens with one attached hydrogen (secondary N) is 1. The number of carbonyl (C=O) groups is 1. The number of alkyl halides is 3. The highest BCUT2D eigenvalue weighted by molar-refractivity contribution is 14.1. The highest BCUT2D eigenvalue weighted by Crippen LogP contribution is 2.30. The van der Waals surface area contributed by atoms with Crippen molar-refractivity contribution < 1.29 is 23.1 Å². The molecular formula is C14H9F3INO2. The molecule has 110 valence electrons. The molecule has 0 unspecified atom stereocenters. The Hall–Kier alpha value is -1.77. The van der Waals surface area contributed by atoms with Crippen LogP contribution in [0.3, 0.4) is 0 Å². The molecule has 21 heavy (non-hydrogen) atoms. The van der Waals surface area contributed by atoms with Gasteiger partial charge in [0.05, 0.1) is 9.13 Å². The number of phenolic OH excluding ortho intramolecular Hbond substituents is 1. The van der Waals surface area contributed by atoms with E-state index >= 15 is 0 Å². The fourth-order valence-corrected chi connectivity index (χ4v) is 1.97. The van der Waals surface area contributed by atoms with Crippen LogP contribution in [0.15, 0.2) is 42.5 Å². The molecule has 0 aliphatic rings. The molecule has 0 heterocycles. The molecule has 2 rings (SSSR count). The minimum absolute atomic E-state index is 0.0351. The summed E-state index contributed by atoms with van der Waals surface area (Å²) in [6.45, 7) is 0. The van der Waals surface area contributed by atoms with Gasteiger partial charge < -0.3 is 10.4 Å². The maximum absolute atomic E-state index is 12.6. The molecular weight excluding hydrogens is 398 g/mol. The predicted molar refractivity (Wildman–Crippen MR) is 80.2 cm³/mol. The van der Waals surface area contributed by atoms with Gasteiger partial charge in [-0.1, -0.05) is 6.07 Å². The lowest BCUT2D eigenvalue weighted by molar-refractivity contribution is -0.137. The first-order chi connectivity index (χ1) is 9.77. The van der Waals surface area contributed by atoms with Crippen molar-refractivity contribution in [3.63, 3.8) is 0 Å². The van der Waals surface area contributed by atoms with E-state index in [4.69, 9.17) is 0 Å². The molecule has 0 saturated carbocycles. The van der Waals surface area contributed by atoms with Gasteiger partial charge in [0.15, 0.2) is 0 Å². The second-order valence-electron chi connectivity index (χ2n) is 4.20. The van der Waals surface area contributed by atoms with Crippen molar-refractivity contribution in [2.75, 3.05) is 5.32 Å². The SMILES string of the molecule is O=C(Nc1cccc(C(F)(F)F)c1)c1ccc(I)c(O)c1. The lowest BCUT2D eigenvalue weighted by Crippen LogP contribution is -2.13. The number of amides is 1. The third-order valence-corrected chi connectivity index (χ3v) is 3.57. The molecule has 2 N–H and O–H groups in total. The second-order valence-corrected chi connectivity index (χ2v) is 5.36. The second kappa shape index (κ2) is 5.92. The quantitative estimate of drug-likeness (QED) is 0.731. The minimum atomic E-state index is -4.47. The van der Waals surface area contributed by atoms with Gasteiger partial charge in [0.25, 0.3) is 5.91 Å². The van der Waals surface area contributed by atoms with Crippen molar-refractivity contribution >= 4 is 34.2 Å². The van der Waals surface area contributed by atoms with Crippen LogP contribution >= 0.6 is 22.6 Å². The lowest BCUT2D eigenvalue weighted by Gasteiger charge is -2.10. The molecule has 7 heteroatoms. The molecule has 3 nitrogen and oxygen atoms in total. The number of phenols is 1. The van der Waals surface area contributed by atoms with Gasteiger partial charge in [0, 0.05) is 11.3 Å². The normalized spacial score (nSPS) is 11.2. The van der Waals surface area contributed by atoms with Crippen LogP contribution in [0.4, 0.5) is 18.9 Å². The van der Waals surface area contributed by atoms with Gasteiger partial charge in [-0.2, -0.15) is 13.2 Å². The molecule has 0 atom stereocenters. The molecule has 0 bridgehead atoms. The third kappa shape index (κ3) is 3.87. The van der Waals surface area contributed by atoms with Crippen molar-refractivity contribution in [2.45, 2.75) is 6.18 Å². The Morgan fingerprint density at radius 1 is 1.14 bits per heavy atom. The van der Waals surface area contributed by atoms with E-state index in [1.54, 1.807) is 0 Å². The van der Waals surface area contributed by atoms with Crippen molar-refractivity contribution in [1.82, 2.24) is 0 Å². The number of benzene rings is 2.